The van der Waals surface area contributed by atoms with Gasteiger partial charge in [0.05, 0.1) is 11.6 Å². The average Bonchev–Trinajstić information content (AvgIpc) is 3.29. The van der Waals surface area contributed by atoms with E-state index in [1.54, 1.807) is 6.07 Å². The third-order valence-electron chi connectivity index (χ3n) is 5.74. The van der Waals surface area contributed by atoms with Crippen molar-refractivity contribution in [2.45, 2.75) is 30.5 Å². The molecule has 0 amide bonds. The number of aromatic nitrogens is 3. The summed E-state index contributed by atoms with van der Waals surface area (Å²) in [4.78, 5) is 4.30. The number of aromatic amines is 1. The smallest absolute Gasteiger partial charge is 0.381 e. The van der Waals surface area contributed by atoms with Crippen molar-refractivity contribution in [3.05, 3.63) is 83.4 Å². The van der Waals surface area contributed by atoms with E-state index in [4.69, 9.17) is 4.74 Å². The Labute approximate surface area is 172 Å². The van der Waals surface area contributed by atoms with Crippen LogP contribution in [0.3, 0.4) is 0 Å². The van der Waals surface area contributed by atoms with Crippen LogP contribution in [0.5, 0.6) is 0 Å². The summed E-state index contributed by atoms with van der Waals surface area (Å²) in [6.07, 6.45) is -1.65. The van der Waals surface area contributed by atoms with Gasteiger partial charge in [-0.2, -0.15) is 18.3 Å². The second-order valence-electron chi connectivity index (χ2n) is 7.57. The number of hydrogen-bond donors (Lipinski definition) is 2. The van der Waals surface area contributed by atoms with Gasteiger partial charge >= 0.3 is 6.18 Å². The van der Waals surface area contributed by atoms with Gasteiger partial charge in [-0.1, -0.05) is 48.5 Å². The van der Waals surface area contributed by atoms with E-state index in [1.165, 1.54) is 18.5 Å². The molecule has 0 spiro atoms. The van der Waals surface area contributed by atoms with Crippen LogP contribution in [0.15, 0.2) is 60.9 Å². The molecule has 3 aromatic rings. The van der Waals surface area contributed by atoms with Crippen LogP contribution in [0.2, 0.25) is 0 Å². The summed E-state index contributed by atoms with van der Waals surface area (Å²) in [7, 11) is 0. The first kappa shape index (κ1) is 20.6. The third kappa shape index (κ3) is 4.39. The van der Waals surface area contributed by atoms with Crippen LogP contribution < -0.4 is 5.32 Å². The summed E-state index contributed by atoms with van der Waals surface area (Å²) in [6.45, 7) is 1.50. The number of benzene rings is 2. The van der Waals surface area contributed by atoms with Gasteiger partial charge in [0.1, 0.15) is 12.2 Å². The fourth-order valence-electron chi connectivity index (χ4n) is 4.02. The molecule has 1 saturated heterocycles. The summed E-state index contributed by atoms with van der Waals surface area (Å²) in [5.74, 6) is 0.660. The van der Waals surface area contributed by atoms with Gasteiger partial charge in [0, 0.05) is 25.2 Å². The van der Waals surface area contributed by atoms with E-state index in [0.717, 1.165) is 11.6 Å². The Morgan fingerprint density at radius 3 is 2.50 bits per heavy atom. The fraction of sp³-hybridized carbons (Fsp3) is 0.364. The Bertz CT molecular complexity index is 939. The number of alkyl halides is 3. The maximum absolute atomic E-state index is 13.3. The van der Waals surface area contributed by atoms with Crippen LogP contribution >= 0.6 is 0 Å². The first-order valence-corrected chi connectivity index (χ1v) is 9.87. The van der Waals surface area contributed by atoms with Gasteiger partial charge < -0.3 is 10.1 Å². The maximum Gasteiger partial charge on any atom is 0.416 e. The zero-order chi connectivity index (χ0) is 21.0. The van der Waals surface area contributed by atoms with E-state index in [0.29, 0.717) is 44.0 Å². The third-order valence-corrected chi connectivity index (χ3v) is 5.74. The molecule has 5 nitrogen and oxygen atoms in total. The highest BCUT2D eigenvalue weighted by atomic mass is 19.4. The Morgan fingerprint density at radius 2 is 1.83 bits per heavy atom. The lowest BCUT2D eigenvalue weighted by molar-refractivity contribution is -0.137. The van der Waals surface area contributed by atoms with E-state index >= 15 is 0 Å². The highest BCUT2D eigenvalue weighted by molar-refractivity contribution is 5.33. The second-order valence-corrected chi connectivity index (χ2v) is 7.57. The minimum Gasteiger partial charge on any atom is -0.381 e. The van der Waals surface area contributed by atoms with Crippen LogP contribution in [0.4, 0.5) is 13.2 Å². The molecule has 0 bridgehead atoms. The van der Waals surface area contributed by atoms with Crippen molar-refractivity contribution in [3.8, 4) is 0 Å². The summed E-state index contributed by atoms with van der Waals surface area (Å²) in [5, 5.41) is 10.4. The van der Waals surface area contributed by atoms with Crippen molar-refractivity contribution in [3.63, 3.8) is 0 Å². The summed E-state index contributed by atoms with van der Waals surface area (Å²) < 4.78 is 45.5. The topological polar surface area (TPSA) is 62.8 Å². The Kier molecular flexibility index (Phi) is 5.87. The average molecular weight is 416 g/mol. The Morgan fingerprint density at radius 1 is 1.07 bits per heavy atom. The molecule has 1 aliphatic heterocycles. The van der Waals surface area contributed by atoms with Crippen LogP contribution in [-0.2, 0) is 16.3 Å². The number of rotatable bonds is 6. The molecule has 1 fully saturated rings. The molecule has 0 aliphatic carbocycles. The van der Waals surface area contributed by atoms with Crippen molar-refractivity contribution in [1.82, 2.24) is 20.5 Å². The predicted octanol–water partition coefficient (Wildman–Crippen LogP) is 4.25. The number of halogens is 3. The Balaban J connectivity index is 1.65. The monoisotopic (exact) mass is 416 g/mol. The van der Waals surface area contributed by atoms with Crippen LogP contribution in [0.1, 0.15) is 41.4 Å². The molecule has 1 atom stereocenters. The minimum absolute atomic E-state index is 0.251. The van der Waals surface area contributed by atoms with Crippen molar-refractivity contribution >= 4 is 0 Å². The van der Waals surface area contributed by atoms with Gasteiger partial charge in [0.25, 0.3) is 0 Å². The summed E-state index contributed by atoms with van der Waals surface area (Å²) in [5.41, 5.74) is 0.589. The van der Waals surface area contributed by atoms with Crippen molar-refractivity contribution in [2.75, 3.05) is 19.8 Å². The van der Waals surface area contributed by atoms with Crippen LogP contribution in [-0.4, -0.2) is 34.9 Å². The van der Waals surface area contributed by atoms with E-state index in [-0.39, 0.29) is 6.04 Å². The maximum atomic E-state index is 13.3. The molecule has 1 unspecified atom stereocenters. The molecule has 2 N–H and O–H groups in total. The first-order chi connectivity index (χ1) is 14.5. The number of H-pyrrole nitrogens is 1. The standard InChI is InChI=1S/C22H23F3N4O/c23-22(24,25)18-8-4-7-17(13-18)21(9-11-30-12-10-21)14-26-19(20-27-15-28-29-20)16-5-2-1-3-6-16/h1-8,13,15,19,26H,9-12,14H2,(H,27,28,29). The second kappa shape index (κ2) is 8.57. The number of hydrogen-bond acceptors (Lipinski definition) is 4. The molecule has 158 valence electrons. The van der Waals surface area contributed by atoms with Crippen molar-refractivity contribution in [1.29, 1.82) is 0 Å². The SMILES string of the molecule is FC(F)(F)c1cccc(C2(CNC(c3ccccc3)c3ncn[nH]3)CCOCC2)c1. The lowest BCUT2D eigenvalue weighted by Crippen LogP contribution is -2.44. The first-order valence-electron chi connectivity index (χ1n) is 9.87. The molecule has 4 rings (SSSR count). The van der Waals surface area contributed by atoms with Gasteiger partial charge in [-0.15, -0.1) is 0 Å². The normalized spacial score (nSPS) is 17.6. The molecule has 2 aromatic carbocycles. The Hall–Kier alpha value is -2.71. The van der Waals surface area contributed by atoms with Crippen LogP contribution in [0.25, 0.3) is 0 Å². The highest BCUT2D eigenvalue weighted by Gasteiger charge is 2.38. The molecule has 30 heavy (non-hydrogen) atoms. The molecule has 1 aromatic heterocycles. The number of nitrogens with one attached hydrogen (secondary N) is 2. The van der Waals surface area contributed by atoms with Crippen molar-refractivity contribution in [2.24, 2.45) is 0 Å². The van der Waals surface area contributed by atoms with Gasteiger partial charge in [-0.25, -0.2) is 4.98 Å². The summed E-state index contributed by atoms with van der Waals surface area (Å²) in [6, 6.07) is 15.2. The highest BCUT2D eigenvalue weighted by Crippen LogP contribution is 2.38. The molecule has 2 heterocycles. The summed E-state index contributed by atoms with van der Waals surface area (Å²) >= 11 is 0. The lowest BCUT2D eigenvalue weighted by Gasteiger charge is -2.39. The fourth-order valence-corrected chi connectivity index (χ4v) is 4.02. The van der Waals surface area contributed by atoms with Crippen LogP contribution in [0, 0.1) is 0 Å². The van der Waals surface area contributed by atoms with Gasteiger partial charge in [-0.05, 0) is 30.0 Å². The molecular formula is C22H23F3N4O. The van der Waals surface area contributed by atoms with Gasteiger partial charge in [0.2, 0.25) is 0 Å². The van der Waals surface area contributed by atoms with Gasteiger partial charge in [-0.3, -0.25) is 5.10 Å². The van der Waals surface area contributed by atoms with E-state index < -0.39 is 17.2 Å². The molecule has 0 radical (unpaired) electrons. The van der Waals surface area contributed by atoms with E-state index in [2.05, 4.69) is 20.5 Å². The quantitative estimate of drug-likeness (QED) is 0.631. The molecule has 1 aliphatic rings. The lowest BCUT2D eigenvalue weighted by atomic mass is 9.73. The van der Waals surface area contributed by atoms with E-state index in [1.807, 2.05) is 30.3 Å². The predicted molar refractivity (Wildman–Crippen MR) is 106 cm³/mol. The van der Waals surface area contributed by atoms with Gasteiger partial charge in [0.15, 0.2) is 0 Å². The zero-order valence-electron chi connectivity index (χ0n) is 16.3. The molecular weight excluding hydrogens is 393 g/mol. The zero-order valence-corrected chi connectivity index (χ0v) is 16.3. The van der Waals surface area contributed by atoms with Crippen molar-refractivity contribution < 1.29 is 17.9 Å². The minimum atomic E-state index is -4.37. The molecule has 8 heteroatoms. The molecule has 0 saturated carbocycles. The number of nitrogens with zero attached hydrogens (tertiary/aromatic N) is 2. The van der Waals surface area contributed by atoms with E-state index in [9.17, 15) is 13.2 Å². The largest absolute Gasteiger partial charge is 0.416 e. The number of ether oxygens (including phenoxy) is 1.